The Hall–Kier alpha value is -1.67. The molecule has 154 valence electrons. The zero-order chi connectivity index (χ0) is 20.6. The molecule has 0 atom stereocenters. The molecule has 0 amide bonds. The number of sulfone groups is 1. The van der Waals surface area contributed by atoms with Gasteiger partial charge in [0, 0.05) is 5.02 Å². The van der Waals surface area contributed by atoms with Crippen molar-refractivity contribution in [2.45, 2.75) is 42.6 Å². The summed E-state index contributed by atoms with van der Waals surface area (Å²) in [5, 5.41) is 19.3. The Morgan fingerprint density at radius 2 is 1.69 bits per heavy atom. The molecule has 1 aliphatic rings. The van der Waals surface area contributed by atoms with Crippen LogP contribution in [0.25, 0.3) is 11.0 Å². The molecule has 0 saturated heterocycles. The van der Waals surface area contributed by atoms with Gasteiger partial charge in [0.1, 0.15) is 0 Å². The Morgan fingerprint density at radius 3 is 2.38 bits per heavy atom. The van der Waals surface area contributed by atoms with Gasteiger partial charge in [-0.2, -0.15) is 0 Å². The third kappa shape index (κ3) is 4.14. The number of aromatic nitrogens is 2. The number of fused-ring (bicyclic) bond motifs is 1. The van der Waals surface area contributed by atoms with Crippen LogP contribution in [0.2, 0.25) is 10.0 Å². The molecule has 4 rings (SSSR count). The quantitative estimate of drug-likeness (QED) is 0.596. The maximum absolute atomic E-state index is 12.9. The van der Waals surface area contributed by atoms with Crippen molar-refractivity contribution in [3.8, 4) is 0 Å². The van der Waals surface area contributed by atoms with Crippen LogP contribution >= 0.6 is 23.2 Å². The predicted molar refractivity (Wildman–Crippen MR) is 111 cm³/mol. The monoisotopic (exact) mass is 454 g/mol. The molecule has 6 nitrogen and oxygen atoms in total. The second-order valence-electron chi connectivity index (χ2n) is 7.60. The van der Waals surface area contributed by atoms with Crippen molar-refractivity contribution in [2.24, 2.45) is 5.92 Å². The normalized spacial score (nSPS) is 22.8. The molecular formula is C20H20Cl2N2O4S. The average molecular weight is 455 g/mol. The number of halogens is 2. The van der Waals surface area contributed by atoms with E-state index in [2.05, 4.69) is 14.9 Å². The van der Waals surface area contributed by atoms with Crippen LogP contribution in [-0.2, 0) is 15.4 Å². The Balaban J connectivity index is 1.41. The lowest BCUT2D eigenvalue weighted by molar-refractivity contribution is -0.0144. The molecule has 1 fully saturated rings. The topological polar surface area (TPSA) is 93.3 Å². The van der Waals surface area contributed by atoms with Crippen LogP contribution < -0.4 is 0 Å². The summed E-state index contributed by atoms with van der Waals surface area (Å²) < 4.78 is 30.4. The van der Waals surface area contributed by atoms with Crippen molar-refractivity contribution in [3.63, 3.8) is 0 Å². The Morgan fingerprint density at radius 1 is 1.03 bits per heavy atom. The summed E-state index contributed by atoms with van der Waals surface area (Å²) in [6.45, 7) is 0. The van der Waals surface area contributed by atoms with Gasteiger partial charge in [-0.05, 0) is 78.2 Å². The average Bonchev–Trinajstić information content (AvgIpc) is 3.19. The minimum atomic E-state index is -3.56. The van der Waals surface area contributed by atoms with E-state index in [0.717, 1.165) is 18.4 Å². The molecule has 2 aromatic carbocycles. The third-order valence-corrected chi connectivity index (χ3v) is 8.10. The van der Waals surface area contributed by atoms with E-state index in [-0.39, 0.29) is 27.6 Å². The summed E-state index contributed by atoms with van der Waals surface area (Å²) in [5.41, 5.74) is 0.390. The number of nitrogens with zero attached hydrogens (tertiary/aromatic N) is 2. The van der Waals surface area contributed by atoms with Crippen LogP contribution in [0.3, 0.4) is 0 Å². The van der Waals surface area contributed by atoms with Gasteiger partial charge < -0.3 is 5.11 Å². The van der Waals surface area contributed by atoms with Crippen molar-refractivity contribution >= 4 is 44.1 Å². The van der Waals surface area contributed by atoms with Crippen molar-refractivity contribution < 1.29 is 18.2 Å². The lowest BCUT2D eigenvalue weighted by atomic mass is 9.74. The fourth-order valence-electron chi connectivity index (χ4n) is 3.99. The van der Waals surface area contributed by atoms with Crippen LogP contribution in [0, 0.1) is 5.92 Å². The molecule has 0 radical (unpaired) electrons. The molecule has 0 aliphatic heterocycles. The molecular weight excluding hydrogens is 435 g/mol. The second kappa shape index (κ2) is 7.87. The molecule has 0 spiro atoms. The highest BCUT2D eigenvalue weighted by Crippen LogP contribution is 2.41. The van der Waals surface area contributed by atoms with Gasteiger partial charge in [0.25, 0.3) is 0 Å². The van der Waals surface area contributed by atoms with Crippen LogP contribution in [0.1, 0.15) is 37.7 Å². The van der Waals surface area contributed by atoms with Crippen molar-refractivity contribution in [3.05, 3.63) is 52.0 Å². The molecule has 1 saturated carbocycles. The van der Waals surface area contributed by atoms with E-state index in [1.165, 1.54) is 12.1 Å². The zero-order valence-electron chi connectivity index (χ0n) is 15.5. The first kappa shape index (κ1) is 20.6. The first-order valence-corrected chi connectivity index (χ1v) is 11.8. The van der Waals surface area contributed by atoms with Crippen LogP contribution in [0.4, 0.5) is 0 Å². The fourth-order valence-corrected chi connectivity index (χ4v) is 5.87. The van der Waals surface area contributed by atoms with Gasteiger partial charge in [0.15, 0.2) is 20.9 Å². The third-order valence-electron chi connectivity index (χ3n) is 5.77. The van der Waals surface area contributed by atoms with E-state index >= 15 is 0 Å². The Labute approximate surface area is 178 Å². The highest BCUT2D eigenvalue weighted by Gasteiger charge is 2.35. The van der Waals surface area contributed by atoms with E-state index < -0.39 is 15.4 Å². The van der Waals surface area contributed by atoms with Gasteiger partial charge in [0.2, 0.25) is 0 Å². The molecule has 3 aromatic rings. The SMILES string of the molecule is O=S(=O)(CCC1CCC(O)(c2ccc(Cl)cc2)CC1)c1ccc(Cl)c2nonc12. The van der Waals surface area contributed by atoms with Crippen LogP contribution in [0.5, 0.6) is 0 Å². The molecule has 1 aliphatic carbocycles. The summed E-state index contributed by atoms with van der Waals surface area (Å²) in [6, 6.07) is 10.2. The smallest absolute Gasteiger partial charge is 0.180 e. The zero-order valence-corrected chi connectivity index (χ0v) is 17.8. The minimum absolute atomic E-state index is 0.000628. The second-order valence-corrected chi connectivity index (χ2v) is 10.5. The maximum atomic E-state index is 12.9. The summed E-state index contributed by atoms with van der Waals surface area (Å²) in [6.07, 6.45) is 3.23. The number of aliphatic hydroxyl groups is 1. The van der Waals surface area contributed by atoms with Crippen molar-refractivity contribution in [1.29, 1.82) is 0 Å². The molecule has 0 unspecified atom stereocenters. The lowest BCUT2D eigenvalue weighted by Crippen LogP contribution is -2.32. The molecule has 0 bridgehead atoms. The predicted octanol–water partition coefficient (Wildman–Crippen LogP) is 4.77. The van der Waals surface area contributed by atoms with E-state index in [1.54, 1.807) is 12.1 Å². The largest absolute Gasteiger partial charge is 0.385 e. The van der Waals surface area contributed by atoms with Gasteiger partial charge >= 0.3 is 0 Å². The summed E-state index contributed by atoms with van der Waals surface area (Å²) in [4.78, 5) is 0.0895. The Kier molecular flexibility index (Phi) is 5.59. The van der Waals surface area contributed by atoms with Crippen LogP contribution in [0.15, 0.2) is 45.9 Å². The summed E-state index contributed by atoms with van der Waals surface area (Å²) in [7, 11) is -3.56. The van der Waals surface area contributed by atoms with Gasteiger partial charge in [0.05, 0.1) is 21.3 Å². The van der Waals surface area contributed by atoms with Gasteiger partial charge in [-0.3, -0.25) is 0 Å². The summed E-state index contributed by atoms with van der Waals surface area (Å²) >= 11 is 11.9. The Bertz CT molecular complexity index is 1120. The van der Waals surface area contributed by atoms with Crippen LogP contribution in [-0.4, -0.2) is 29.6 Å². The molecule has 1 aromatic heterocycles. The van der Waals surface area contributed by atoms with Crippen molar-refractivity contribution in [2.75, 3.05) is 5.75 Å². The number of hydrogen-bond donors (Lipinski definition) is 1. The number of hydrogen-bond acceptors (Lipinski definition) is 6. The van der Waals surface area contributed by atoms with E-state index in [9.17, 15) is 13.5 Å². The van der Waals surface area contributed by atoms with Gasteiger partial charge in [-0.15, -0.1) is 0 Å². The molecule has 1 N–H and O–H groups in total. The maximum Gasteiger partial charge on any atom is 0.180 e. The molecule has 1 heterocycles. The van der Waals surface area contributed by atoms with Gasteiger partial charge in [-0.25, -0.2) is 13.0 Å². The van der Waals surface area contributed by atoms with Crippen molar-refractivity contribution in [1.82, 2.24) is 10.3 Å². The number of benzene rings is 2. The fraction of sp³-hybridized carbons (Fsp3) is 0.400. The van der Waals surface area contributed by atoms with E-state index in [0.29, 0.717) is 29.3 Å². The first-order valence-electron chi connectivity index (χ1n) is 9.40. The summed E-state index contributed by atoms with van der Waals surface area (Å²) in [5.74, 6) is 0.233. The number of rotatable bonds is 5. The molecule has 29 heavy (non-hydrogen) atoms. The highest BCUT2D eigenvalue weighted by atomic mass is 35.5. The van der Waals surface area contributed by atoms with E-state index in [1.807, 2.05) is 12.1 Å². The first-order chi connectivity index (χ1) is 13.8. The minimum Gasteiger partial charge on any atom is -0.385 e. The molecule has 9 heteroatoms. The van der Waals surface area contributed by atoms with Gasteiger partial charge in [-0.1, -0.05) is 35.3 Å². The standard InChI is InChI=1S/C20H20Cl2N2O4S/c21-15-3-1-14(2-4-15)20(25)10-7-13(8-11-20)9-12-29(26,27)17-6-5-16(22)18-19(17)24-28-23-18/h1-6,13,25H,7-12H2. The van der Waals surface area contributed by atoms with E-state index in [4.69, 9.17) is 23.2 Å². The highest BCUT2D eigenvalue weighted by molar-refractivity contribution is 7.91. The lowest BCUT2D eigenvalue weighted by Gasteiger charge is -2.36.